The van der Waals surface area contributed by atoms with Gasteiger partial charge in [-0.25, -0.2) is 14.5 Å². The first-order chi connectivity index (χ1) is 11.8. The van der Waals surface area contributed by atoms with Crippen molar-refractivity contribution in [1.29, 1.82) is 0 Å². The van der Waals surface area contributed by atoms with Crippen molar-refractivity contribution in [2.45, 2.75) is 6.54 Å². The van der Waals surface area contributed by atoms with E-state index in [1.54, 1.807) is 25.7 Å². The first-order valence-corrected chi connectivity index (χ1v) is 8.13. The molecule has 0 bridgehead atoms. The standard InChI is InChI=1S/C16H14N6OS/c1-23-14-5-4-12(9-18-14)13-10-20-16-22(13)21-15(24-16)19-8-11-3-2-6-17-7-11/h2-7,9-10H,8H2,1H3,(H,19,21). The Balaban J connectivity index is 1.58. The molecule has 8 heteroatoms. The highest BCUT2D eigenvalue weighted by Gasteiger charge is 2.12. The Labute approximate surface area is 142 Å². The topological polar surface area (TPSA) is 77.2 Å². The van der Waals surface area contributed by atoms with Gasteiger partial charge in [0.05, 0.1) is 19.0 Å². The van der Waals surface area contributed by atoms with Crippen LogP contribution in [0.4, 0.5) is 5.13 Å². The number of fused-ring (bicyclic) bond motifs is 1. The number of nitrogens with one attached hydrogen (secondary N) is 1. The second-order valence-corrected chi connectivity index (χ2v) is 6.01. The lowest BCUT2D eigenvalue weighted by Crippen LogP contribution is -2.00. The first kappa shape index (κ1) is 14.6. The Bertz CT molecular complexity index is 948. The summed E-state index contributed by atoms with van der Waals surface area (Å²) < 4.78 is 6.91. The fourth-order valence-corrected chi connectivity index (χ4v) is 3.06. The van der Waals surface area contributed by atoms with E-state index in [9.17, 15) is 0 Å². The molecule has 0 aromatic carbocycles. The molecule has 120 valence electrons. The summed E-state index contributed by atoms with van der Waals surface area (Å²) in [5.41, 5.74) is 2.93. The van der Waals surface area contributed by atoms with E-state index in [0.717, 1.165) is 26.9 Å². The number of rotatable bonds is 5. The Morgan fingerprint density at radius 3 is 2.88 bits per heavy atom. The number of imidazole rings is 1. The quantitative estimate of drug-likeness (QED) is 0.603. The predicted octanol–water partition coefficient (Wildman–Crippen LogP) is 2.87. The van der Waals surface area contributed by atoms with Crippen molar-refractivity contribution < 1.29 is 4.74 Å². The molecule has 1 N–H and O–H groups in total. The molecule has 0 atom stereocenters. The third-order valence-corrected chi connectivity index (χ3v) is 4.37. The van der Waals surface area contributed by atoms with E-state index in [0.29, 0.717) is 12.4 Å². The van der Waals surface area contributed by atoms with E-state index in [4.69, 9.17) is 4.74 Å². The van der Waals surface area contributed by atoms with Gasteiger partial charge in [0.2, 0.25) is 16.0 Å². The highest BCUT2D eigenvalue weighted by molar-refractivity contribution is 7.20. The molecule has 0 saturated carbocycles. The fourth-order valence-electron chi connectivity index (χ4n) is 2.29. The SMILES string of the molecule is COc1ccc(-c2cnc3sc(NCc4cccnc4)nn23)cn1. The van der Waals surface area contributed by atoms with Crippen molar-refractivity contribution in [2.75, 3.05) is 12.4 Å². The fraction of sp³-hybridized carbons (Fsp3) is 0.125. The third kappa shape index (κ3) is 2.79. The highest BCUT2D eigenvalue weighted by atomic mass is 32.1. The summed E-state index contributed by atoms with van der Waals surface area (Å²) in [6, 6.07) is 7.70. The van der Waals surface area contributed by atoms with Gasteiger partial charge in [-0.2, -0.15) is 0 Å². The van der Waals surface area contributed by atoms with E-state index in [1.807, 2.05) is 35.0 Å². The lowest BCUT2D eigenvalue weighted by molar-refractivity contribution is 0.398. The summed E-state index contributed by atoms with van der Waals surface area (Å²) in [6.07, 6.45) is 7.15. The van der Waals surface area contributed by atoms with Gasteiger partial charge < -0.3 is 10.1 Å². The minimum atomic E-state index is 0.580. The summed E-state index contributed by atoms with van der Waals surface area (Å²) in [4.78, 5) is 13.6. The van der Waals surface area contributed by atoms with E-state index < -0.39 is 0 Å². The summed E-state index contributed by atoms with van der Waals surface area (Å²) in [6.45, 7) is 0.671. The van der Waals surface area contributed by atoms with Gasteiger partial charge in [-0.05, 0) is 17.7 Å². The van der Waals surface area contributed by atoms with Crippen LogP contribution >= 0.6 is 11.3 Å². The van der Waals surface area contributed by atoms with Crippen LogP contribution in [0.15, 0.2) is 49.1 Å². The summed E-state index contributed by atoms with van der Waals surface area (Å²) in [5, 5.41) is 8.70. The van der Waals surface area contributed by atoms with Gasteiger partial charge in [-0.15, -0.1) is 5.10 Å². The van der Waals surface area contributed by atoms with Gasteiger partial charge in [0.15, 0.2) is 0 Å². The zero-order valence-electron chi connectivity index (χ0n) is 12.9. The smallest absolute Gasteiger partial charge is 0.214 e. The first-order valence-electron chi connectivity index (χ1n) is 7.31. The minimum absolute atomic E-state index is 0.580. The Kier molecular flexibility index (Phi) is 3.80. The van der Waals surface area contributed by atoms with Gasteiger partial charge >= 0.3 is 0 Å². The average molecular weight is 338 g/mol. The van der Waals surface area contributed by atoms with E-state index >= 15 is 0 Å². The molecule has 0 unspecified atom stereocenters. The van der Waals surface area contributed by atoms with Crippen LogP contribution in [0.3, 0.4) is 0 Å². The van der Waals surface area contributed by atoms with Crippen molar-refractivity contribution in [3.05, 3.63) is 54.6 Å². The normalized spacial score (nSPS) is 10.9. The molecule has 4 heterocycles. The van der Waals surface area contributed by atoms with Gasteiger partial charge in [-0.1, -0.05) is 17.4 Å². The maximum Gasteiger partial charge on any atom is 0.214 e. The number of hydrogen-bond acceptors (Lipinski definition) is 7. The zero-order chi connectivity index (χ0) is 16.4. The predicted molar refractivity (Wildman–Crippen MR) is 92.2 cm³/mol. The van der Waals surface area contributed by atoms with Crippen LogP contribution in [0.2, 0.25) is 0 Å². The molecule has 4 aromatic heterocycles. The molecule has 0 saturated heterocycles. The van der Waals surface area contributed by atoms with Crippen LogP contribution in [-0.4, -0.2) is 31.7 Å². The Morgan fingerprint density at radius 1 is 1.17 bits per heavy atom. The number of anilines is 1. The van der Waals surface area contributed by atoms with Crippen LogP contribution in [0.5, 0.6) is 5.88 Å². The Morgan fingerprint density at radius 2 is 2.12 bits per heavy atom. The van der Waals surface area contributed by atoms with Gasteiger partial charge in [-0.3, -0.25) is 4.98 Å². The minimum Gasteiger partial charge on any atom is -0.481 e. The monoisotopic (exact) mass is 338 g/mol. The molecule has 0 radical (unpaired) electrons. The number of aromatic nitrogens is 5. The van der Waals surface area contributed by atoms with Crippen LogP contribution in [-0.2, 0) is 6.54 Å². The van der Waals surface area contributed by atoms with Gasteiger partial charge in [0, 0.05) is 36.8 Å². The lowest BCUT2D eigenvalue weighted by Gasteiger charge is -2.02. The zero-order valence-corrected chi connectivity index (χ0v) is 13.7. The summed E-state index contributed by atoms with van der Waals surface area (Å²) in [7, 11) is 1.60. The van der Waals surface area contributed by atoms with E-state index in [1.165, 1.54) is 11.3 Å². The molecular formula is C16H14N6OS. The van der Waals surface area contributed by atoms with Crippen molar-refractivity contribution in [3.8, 4) is 17.1 Å². The highest BCUT2D eigenvalue weighted by Crippen LogP contribution is 2.26. The van der Waals surface area contributed by atoms with Crippen LogP contribution < -0.4 is 10.1 Å². The maximum atomic E-state index is 5.09. The van der Waals surface area contributed by atoms with Gasteiger partial charge in [0.25, 0.3) is 0 Å². The molecule has 4 rings (SSSR count). The number of ether oxygens (including phenoxy) is 1. The second-order valence-electron chi connectivity index (χ2n) is 5.05. The molecular weight excluding hydrogens is 324 g/mol. The number of hydrogen-bond donors (Lipinski definition) is 1. The van der Waals surface area contributed by atoms with E-state index in [2.05, 4.69) is 25.4 Å². The van der Waals surface area contributed by atoms with Crippen LogP contribution in [0.25, 0.3) is 16.2 Å². The number of methoxy groups -OCH3 is 1. The molecule has 0 aliphatic rings. The number of nitrogens with zero attached hydrogens (tertiary/aromatic N) is 5. The molecule has 0 amide bonds. The summed E-state index contributed by atoms with van der Waals surface area (Å²) >= 11 is 1.50. The van der Waals surface area contributed by atoms with E-state index in [-0.39, 0.29) is 0 Å². The molecule has 0 spiro atoms. The second kappa shape index (κ2) is 6.25. The Hall–Kier alpha value is -3.00. The lowest BCUT2D eigenvalue weighted by atomic mass is 10.2. The largest absolute Gasteiger partial charge is 0.481 e. The van der Waals surface area contributed by atoms with Gasteiger partial charge in [0.1, 0.15) is 0 Å². The summed E-state index contributed by atoms with van der Waals surface area (Å²) in [5.74, 6) is 0.580. The van der Waals surface area contributed by atoms with Crippen molar-refractivity contribution >= 4 is 21.4 Å². The maximum absolute atomic E-state index is 5.09. The van der Waals surface area contributed by atoms with Crippen molar-refractivity contribution in [3.63, 3.8) is 0 Å². The third-order valence-electron chi connectivity index (χ3n) is 3.49. The van der Waals surface area contributed by atoms with Crippen molar-refractivity contribution in [1.82, 2.24) is 24.6 Å². The molecule has 7 nitrogen and oxygen atoms in total. The molecule has 0 aliphatic carbocycles. The van der Waals surface area contributed by atoms with Crippen LogP contribution in [0.1, 0.15) is 5.56 Å². The van der Waals surface area contributed by atoms with Crippen LogP contribution in [0, 0.1) is 0 Å². The molecule has 0 aliphatic heterocycles. The molecule has 4 aromatic rings. The average Bonchev–Trinajstić information content (AvgIpc) is 3.21. The van der Waals surface area contributed by atoms with Crippen molar-refractivity contribution in [2.24, 2.45) is 0 Å². The number of pyridine rings is 2. The molecule has 0 fully saturated rings. The molecule has 24 heavy (non-hydrogen) atoms.